The maximum absolute atomic E-state index is 14.9. The lowest BCUT2D eigenvalue weighted by Crippen LogP contribution is -2.05. The minimum Gasteiger partial charge on any atom is -0.494 e. The normalized spacial score (nSPS) is 13.0. The van der Waals surface area contributed by atoms with E-state index < -0.39 is 17.5 Å². The number of allylic oxidation sites excluding steroid dienone is 2. The lowest BCUT2D eigenvalue weighted by atomic mass is 9.86. The van der Waals surface area contributed by atoms with E-state index in [1.807, 2.05) is 0 Å². The van der Waals surface area contributed by atoms with E-state index in [0.717, 1.165) is 28.7 Å². The summed E-state index contributed by atoms with van der Waals surface area (Å²) in [6, 6.07) is 14.3. The van der Waals surface area contributed by atoms with E-state index in [1.54, 1.807) is 6.07 Å². The van der Waals surface area contributed by atoms with Gasteiger partial charge in [-0.25, -0.2) is 8.78 Å². The second-order valence-corrected chi connectivity index (χ2v) is 7.95. The Kier molecular flexibility index (Phi) is 6.17. The molecule has 1 aliphatic rings. The summed E-state index contributed by atoms with van der Waals surface area (Å²) in [5, 5.41) is 0. The molecule has 0 bridgehead atoms. The molecule has 0 N–H and O–H groups in total. The SMILES string of the molecule is CCCCc1ccc(C2=CCc3cc(-c4ccc(OC)c(F)c4F)c(F)cc3C2)cc1. The van der Waals surface area contributed by atoms with Gasteiger partial charge in [0.2, 0.25) is 5.82 Å². The zero-order chi connectivity index (χ0) is 22.0. The number of benzene rings is 3. The Bertz CT molecular complexity index is 1130. The number of aryl methyl sites for hydroxylation is 1. The number of hydrogen-bond donors (Lipinski definition) is 0. The van der Waals surface area contributed by atoms with Gasteiger partial charge in [-0.15, -0.1) is 0 Å². The Morgan fingerprint density at radius 1 is 0.871 bits per heavy atom. The van der Waals surface area contributed by atoms with Crippen LogP contribution >= 0.6 is 0 Å². The van der Waals surface area contributed by atoms with Crippen molar-refractivity contribution < 1.29 is 17.9 Å². The summed E-state index contributed by atoms with van der Waals surface area (Å²) in [6.07, 6.45) is 6.79. The summed E-state index contributed by atoms with van der Waals surface area (Å²) >= 11 is 0. The molecule has 0 fully saturated rings. The van der Waals surface area contributed by atoms with E-state index >= 15 is 0 Å². The molecule has 0 unspecified atom stereocenters. The molecule has 3 aromatic rings. The van der Waals surface area contributed by atoms with E-state index in [0.29, 0.717) is 12.8 Å². The number of rotatable bonds is 6. The lowest BCUT2D eigenvalue weighted by molar-refractivity contribution is 0.372. The molecule has 0 aromatic heterocycles. The number of halogens is 3. The van der Waals surface area contributed by atoms with Crippen LogP contribution in [-0.2, 0) is 19.3 Å². The van der Waals surface area contributed by atoms with Gasteiger partial charge in [0.15, 0.2) is 11.6 Å². The van der Waals surface area contributed by atoms with Gasteiger partial charge in [0, 0.05) is 11.1 Å². The molecule has 1 aliphatic carbocycles. The molecule has 0 heterocycles. The number of hydrogen-bond acceptors (Lipinski definition) is 1. The Balaban J connectivity index is 1.61. The van der Waals surface area contributed by atoms with Crippen LogP contribution in [0.1, 0.15) is 42.0 Å². The number of unbranched alkanes of at least 4 members (excludes halogenated alkanes) is 1. The molecule has 0 atom stereocenters. The third-order valence-corrected chi connectivity index (χ3v) is 5.94. The highest BCUT2D eigenvalue weighted by Crippen LogP contribution is 2.36. The van der Waals surface area contributed by atoms with Gasteiger partial charge >= 0.3 is 0 Å². The lowest BCUT2D eigenvalue weighted by Gasteiger charge is -2.20. The first kappa shape index (κ1) is 21.2. The molecule has 0 saturated heterocycles. The van der Waals surface area contributed by atoms with Crippen molar-refractivity contribution >= 4 is 5.57 Å². The van der Waals surface area contributed by atoms with Crippen molar-refractivity contribution in [1.82, 2.24) is 0 Å². The highest BCUT2D eigenvalue weighted by molar-refractivity contribution is 5.73. The first-order valence-corrected chi connectivity index (χ1v) is 10.6. The quantitative estimate of drug-likeness (QED) is 0.405. The van der Waals surface area contributed by atoms with Crippen molar-refractivity contribution in [2.45, 2.75) is 39.0 Å². The smallest absolute Gasteiger partial charge is 0.201 e. The maximum atomic E-state index is 14.9. The van der Waals surface area contributed by atoms with Crippen LogP contribution < -0.4 is 4.74 Å². The molecular weight excluding hydrogens is 397 g/mol. The van der Waals surface area contributed by atoms with E-state index in [2.05, 4.69) is 37.3 Å². The maximum Gasteiger partial charge on any atom is 0.201 e. The monoisotopic (exact) mass is 422 g/mol. The van der Waals surface area contributed by atoms with Crippen LogP contribution in [0, 0.1) is 17.5 Å². The van der Waals surface area contributed by atoms with Crippen molar-refractivity contribution in [3.8, 4) is 16.9 Å². The van der Waals surface area contributed by atoms with Crippen molar-refractivity contribution in [3.63, 3.8) is 0 Å². The van der Waals surface area contributed by atoms with Crippen LogP contribution in [0.15, 0.2) is 54.6 Å². The molecular formula is C27H25F3O. The fourth-order valence-electron chi connectivity index (χ4n) is 4.11. The summed E-state index contributed by atoms with van der Waals surface area (Å²) in [7, 11) is 1.26. The van der Waals surface area contributed by atoms with E-state index in [-0.39, 0.29) is 16.9 Å². The Hall–Kier alpha value is -3.01. The predicted molar refractivity (Wildman–Crippen MR) is 119 cm³/mol. The highest BCUT2D eigenvalue weighted by Gasteiger charge is 2.21. The topological polar surface area (TPSA) is 9.23 Å². The van der Waals surface area contributed by atoms with Crippen molar-refractivity contribution in [1.29, 1.82) is 0 Å². The van der Waals surface area contributed by atoms with Crippen LogP contribution in [0.2, 0.25) is 0 Å². The molecule has 3 aromatic carbocycles. The van der Waals surface area contributed by atoms with Crippen LogP contribution in [-0.4, -0.2) is 7.11 Å². The summed E-state index contributed by atoms with van der Waals surface area (Å²) in [5.41, 5.74) is 5.39. The summed E-state index contributed by atoms with van der Waals surface area (Å²) < 4.78 is 48.3. The number of ether oxygens (including phenoxy) is 1. The number of fused-ring (bicyclic) bond motifs is 1. The average Bonchev–Trinajstić information content (AvgIpc) is 2.79. The molecule has 0 saturated carbocycles. The van der Waals surface area contributed by atoms with Crippen LogP contribution in [0.4, 0.5) is 13.2 Å². The first-order valence-electron chi connectivity index (χ1n) is 10.6. The third-order valence-electron chi connectivity index (χ3n) is 5.94. The van der Waals surface area contributed by atoms with Crippen molar-refractivity contribution in [2.75, 3.05) is 7.11 Å². The van der Waals surface area contributed by atoms with Gasteiger partial charge in [0.25, 0.3) is 0 Å². The van der Waals surface area contributed by atoms with Gasteiger partial charge in [0.05, 0.1) is 7.11 Å². The predicted octanol–water partition coefficient (Wildman–Crippen LogP) is 7.30. The zero-order valence-electron chi connectivity index (χ0n) is 17.8. The molecule has 160 valence electrons. The fraction of sp³-hybridized carbons (Fsp3) is 0.259. The highest BCUT2D eigenvalue weighted by atomic mass is 19.2. The molecule has 4 rings (SSSR count). The van der Waals surface area contributed by atoms with Crippen LogP contribution in [0.25, 0.3) is 16.7 Å². The molecule has 0 spiro atoms. The summed E-state index contributed by atoms with van der Waals surface area (Å²) in [5.74, 6) is -2.97. The largest absolute Gasteiger partial charge is 0.494 e. The Morgan fingerprint density at radius 3 is 2.35 bits per heavy atom. The second kappa shape index (κ2) is 9.01. The molecule has 1 nitrogen and oxygen atoms in total. The fourth-order valence-corrected chi connectivity index (χ4v) is 4.11. The Morgan fingerprint density at radius 2 is 1.65 bits per heavy atom. The van der Waals surface area contributed by atoms with E-state index in [4.69, 9.17) is 4.74 Å². The van der Waals surface area contributed by atoms with Gasteiger partial charge in [-0.3, -0.25) is 0 Å². The van der Waals surface area contributed by atoms with Gasteiger partial charge in [0.1, 0.15) is 5.82 Å². The van der Waals surface area contributed by atoms with Crippen LogP contribution in [0.5, 0.6) is 5.75 Å². The molecule has 0 radical (unpaired) electrons. The van der Waals surface area contributed by atoms with Gasteiger partial charge in [-0.2, -0.15) is 4.39 Å². The van der Waals surface area contributed by atoms with Crippen molar-refractivity contribution in [2.24, 2.45) is 0 Å². The van der Waals surface area contributed by atoms with Crippen LogP contribution in [0.3, 0.4) is 0 Å². The first-order chi connectivity index (χ1) is 15.0. The van der Waals surface area contributed by atoms with Gasteiger partial charge < -0.3 is 4.74 Å². The summed E-state index contributed by atoms with van der Waals surface area (Å²) in [6.45, 7) is 2.18. The molecule has 31 heavy (non-hydrogen) atoms. The van der Waals surface area contributed by atoms with Gasteiger partial charge in [-0.05, 0) is 77.8 Å². The van der Waals surface area contributed by atoms with E-state index in [9.17, 15) is 13.2 Å². The third kappa shape index (κ3) is 4.25. The number of methoxy groups -OCH3 is 1. The molecule has 0 amide bonds. The summed E-state index contributed by atoms with van der Waals surface area (Å²) in [4.78, 5) is 0. The Labute approximate surface area is 181 Å². The minimum atomic E-state index is -1.11. The van der Waals surface area contributed by atoms with E-state index in [1.165, 1.54) is 43.7 Å². The zero-order valence-corrected chi connectivity index (χ0v) is 17.8. The molecule has 4 heteroatoms. The van der Waals surface area contributed by atoms with Gasteiger partial charge in [-0.1, -0.05) is 43.7 Å². The van der Waals surface area contributed by atoms with Crippen molar-refractivity contribution in [3.05, 3.63) is 94.3 Å². The standard InChI is InChI=1S/C27H25F3O/c1-3-4-5-17-6-8-18(9-7-17)19-10-11-20-15-23(24(28)16-21(20)14-19)22-12-13-25(31-2)27(30)26(22)29/h6-10,12-13,15-16H,3-5,11,14H2,1-2H3. The average molecular weight is 422 g/mol. The second-order valence-electron chi connectivity index (χ2n) is 7.95. The molecule has 0 aliphatic heterocycles. The minimum absolute atomic E-state index is 0.0648.